The minimum Gasteiger partial charge on any atom is -0.388 e. The van der Waals surface area contributed by atoms with Crippen molar-refractivity contribution < 1.29 is 5.11 Å². The van der Waals surface area contributed by atoms with Gasteiger partial charge in [0.1, 0.15) is 0 Å². The molecule has 0 unspecified atom stereocenters. The smallest absolute Gasteiger partial charge is 0.0956 e. The van der Waals surface area contributed by atoms with Crippen molar-refractivity contribution >= 4 is 0 Å². The maximum atomic E-state index is 11.0. The van der Waals surface area contributed by atoms with Crippen molar-refractivity contribution in [2.24, 2.45) is 5.92 Å². The lowest BCUT2D eigenvalue weighted by molar-refractivity contribution is 0.0717. The summed E-state index contributed by atoms with van der Waals surface area (Å²) in [5, 5.41) is 11.0. The quantitative estimate of drug-likeness (QED) is 0.751. The molecule has 0 saturated carbocycles. The van der Waals surface area contributed by atoms with Crippen molar-refractivity contribution in [3.8, 4) is 11.3 Å². The number of aromatic nitrogens is 3. The summed E-state index contributed by atoms with van der Waals surface area (Å²) in [6.45, 7) is 0. The van der Waals surface area contributed by atoms with Crippen molar-refractivity contribution in [3.05, 3.63) is 71.9 Å². The van der Waals surface area contributed by atoms with Crippen LogP contribution in [0, 0.1) is 5.92 Å². The van der Waals surface area contributed by atoms with Crippen LogP contribution in [-0.4, -0.2) is 19.6 Å². The second kappa shape index (κ2) is 4.77. The number of benzene rings is 1. The van der Waals surface area contributed by atoms with Gasteiger partial charge in [0, 0.05) is 29.4 Å². The zero-order valence-electron chi connectivity index (χ0n) is 12.6. The standard InChI is InChI=1S/C19H17N3O/c23-19-15(6-5-12-7-8-20-9-16(12)19)18-14-4-2-1-3-13(14)17-10-21-11-22(17)18/h1-4,7-11,15,18-19,23H,5-6H2/t15-,18-,19-/m1/s1. The Bertz CT molecular complexity index is 886. The van der Waals surface area contributed by atoms with Gasteiger partial charge in [-0.05, 0) is 30.0 Å². The highest BCUT2D eigenvalue weighted by Crippen LogP contribution is 2.49. The molecular weight excluding hydrogens is 286 g/mol. The van der Waals surface area contributed by atoms with Crippen LogP contribution < -0.4 is 0 Å². The molecule has 1 aromatic carbocycles. The Hall–Kier alpha value is -2.46. The molecule has 2 aliphatic rings. The molecule has 4 nitrogen and oxygen atoms in total. The first kappa shape index (κ1) is 13.0. The normalized spacial score (nSPS) is 24.8. The largest absolute Gasteiger partial charge is 0.388 e. The Balaban J connectivity index is 1.64. The number of aryl methyl sites for hydroxylation is 1. The third kappa shape index (κ3) is 1.75. The van der Waals surface area contributed by atoms with Crippen LogP contribution in [0.5, 0.6) is 0 Å². The summed E-state index contributed by atoms with van der Waals surface area (Å²) < 4.78 is 2.22. The number of fused-ring (bicyclic) bond motifs is 4. The fourth-order valence-electron chi connectivity index (χ4n) is 4.28. The average molecular weight is 303 g/mol. The lowest BCUT2D eigenvalue weighted by Crippen LogP contribution is -2.28. The summed E-state index contributed by atoms with van der Waals surface area (Å²) >= 11 is 0. The van der Waals surface area contributed by atoms with E-state index in [0.717, 1.165) is 24.1 Å². The van der Waals surface area contributed by atoms with Gasteiger partial charge in [-0.2, -0.15) is 0 Å². The summed E-state index contributed by atoms with van der Waals surface area (Å²) in [5.41, 5.74) is 5.88. The van der Waals surface area contributed by atoms with E-state index in [1.165, 1.54) is 16.7 Å². The Morgan fingerprint density at radius 1 is 1.04 bits per heavy atom. The van der Waals surface area contributed by atoms with Crippen molar-refractivity contribution in [3.63, 3.8) is 0 Å². The predicted octanol–water partition coefficient (Wildman–Crippen LogP) is 3.14. The molecule has 2 aromatic heterocycles. The molecule has 0 radical (unpaired) electrons. The SMILES string of the molecule is O[C@H]1c2cnccc2CC[C@@H]1[C@H]1c2ccccc2-c2cncn21. The molecule has 114 valence electrons. The van der Waals surface area contributed by atoms with Gasteiger partial charge in [-0.3, -0.25) is 4.98 Å². The van der Waals surface area contributed by atoms with Gasteiger partial charge in [0.2, 0.25) is 0 Å². The average Bonchev–Trinajstić information content (AvgIpc) is 3.17. The van der Waals surface area contributed by atoms with Gasteiger partial charge in [-0.1, -0.05) is 24.3 Å². The number of pyridine rings is 1. The molecule has 3 aromatic rings. The fourth-order valence-corrected chi connectivity index (χ4v) is 4.28. The van der Waals surface area contributed by atoms with Gasteiger partial charge in [0.05, 0.1) is 30.4 Å². The first-order valence-corrected chi connectivity index (χ1v) is 8.06. The molecule has 0 fully saturated rings. The maximum Gasteiger partial charge on any atom is 0.0956 e. The van der Waals surface area contributed by atoms with Crippen LogP contribution in [0.1, 0.15) is 35.3 Å². The molecule has 0 bridgehead atoms. The van der Waals surface area contributed by atoms with Crippen LogP contribution in [-0.2, 0) is 6.42 Å². The number of rotatable bonds is 1. The zero-order valence-corrected chi connectivity index (χ0v) is 12.6. The minimum absolute atomic E-state index is 0.142. The van der Waals surface area contributed by atoms with E-state index >= 15 is 0 Å². The van der Waals surface area contributed by atoms with E-state index in [2.05, 4.69) is 38.8 Å². The third-order valence-corrected chi connectivity index (χ3v) is 5.34. The van der Waals surface area contributed by atoms with Crippen molar-refractivity contribution in [2.75, 3.05) is 0 Å². The van der Waals surface area contributed by atoms with Crippen LogP contribution in [0.25, 0.3) is 11.3 Å². The lowest BCUT2D eigenvalue weighted by atomic mass is 9.76. The van der Waals surface area contributed by atoms with E-state index in [4.69, 9.17) is 0 Å². The van der Waals surface area contributed by atoms with E-state index in [-0.39, 0.29) is 12.0 Å². The lowest BCUT2D eigenvalue weighted by Gasteiger charge is -2.35. The summed E-state index contributed by atoms with van der Waals surface area (Å²) in [6.07, 6.45) is 8.91. The number of imidazole rings is 1. The number of hydrogen-bond donors (Lipinski definition) is 1. The molecular formula is C19H17N3O. The monoisotopic (exact) mass is 303 g/mol. The van der Waals surface area contributed by atoms with Crippen molar-refractivity contribution in [1.82, 2.24) is 14.5 Å². The molecule has 4 heteroatoms. The Labute approximate surface area is 134 Å². The molecule has 3 heterocycles. The first-order chi connectivity index (χ1) is 11.3. The predicted molar refractivity (Wildman–Crippen MR) is 86.8 cm³/mol. The van der Waals surface area contributed by atoms with Gasteiger partial charge in [0.25, 0.3) is 0 Å². The molecule has 5 rings (SSSR count). The molecule has 0 saturated heterocycles. The van der Waals surface area contributed by atoms with Gasteiger partial charge in [-0.15, -0.1) is 0 Å². The van der Waals surface area contributed by atoms with Crippen molar-refractivity contribution in [1.29, 1.82) is 0 Å². The summed E-state index contributed by atoms with van der Waals surface area (Å²) in [4.78, 5) is 8.54. The third-order valence-electron chi connectivity index (χ3n) is 5.34. The van der Waals surface area contributed by atoms with Gasteiger partial charge in [0.15, 0.2) is 0 Å². The highest BCUT2D eigenvalue weighted by atomic mass is 16.3. The van der Waals surface area contributed by atoms with Crippen LogP contribution in [0.15, 0.2) is 55.2 Å². The molecule has 1 N–H and O–H groups in total. The van der Waals surface area contributed by atoms with E-state index in [9.17, 15) is 5.11 Å². The number of nitrogens with zero attached hydrogens (tertiary/aromatic N) is 3. The first-order valence-electron chi connectivity index (χ1n) is 8.06. The van der Waals surface area contributed by atoms with Crippen LogP contribution in [0.4, 0.5) is 0 Å². The second-order valence-corrected chi connectivity index (χ2v) is 6.44. The molecule has 3 atom stereocenters. The topological polar surface area (TPSA) is 50.9 Å². The fraction of sp³-hybridized carbons (Fsp3) is 0.263. The van der Waals surface area contributed by atoms with Crippen LogP contribution >= 0.6 is 0 Å². The zero-order chi connectivity index (χ0) is 15.4. The van der Waals surface area contributed by atoms with Crippen molar-refractivity contribution in [2.45, 2.75) is 25.0 Å². The highest BCUT2D eigenvalue weighted by Gasteiger charge is 2.40. The van der Waals surface area contributed by atoms with E-state index in [0.29, 0.717) is 0 Å². The Kier molecular flexibility index (Phi) is 2.70. The minimum atomic E-state index is -0.487. The molecule has 1 aliphatic carbocycles. The number of aliphatic hydroxyl groups excluding tert-OH is 1. The molecule has 23 heavy (non-hydrogen) atoms. The Morgan fingerprint density at radius 3 is 2.91 bits per heavy atom. The Morgan fingerprint density at radius 2 is 1.96 bits per heavy atom. The van der Waals surface area contributed by atoms with Crippen LogP contribution in [0.3, 0.4) is 0 Å². The maximum absolute atomic E-state index is 11.0. The number of hydrogen-bond acceptors (Lipinski definition) is 3. The van der Waals surface area contributed by atoms with Gasteiger partial charge < -0.3 is 9.67 Å². The summed E-state index contributed by atoms with van der Waals surface area (Å²) in [6, 6.07) is 10.6. The summed E-state index contributed by atoms with van der Waals surface area (Å²) in [7, 11) is 0. The van der Waals surface area contributed by atoms with E-state index in [1.807, 2.05) is 31.0 Å². The van der Waals surface area contributed by atoms with E-state index < -0.39 is 6.10 Å². The summed E-state index contributed by atoms with van der Waals surface area (Å²) in [5.74, 6) is 0.142. The van der Waals surface area contributed by atoms with Crippen LogP contribution in [0.2, 0.25) is 0 Å². The number of aliphatic hydroxyl groups is 1. The molecule has 0 spiro atoms. The highest BCUT2D eigenvalue weighted by molar-refractivity contribution is 5.69. The molecule has 1 aliphatic heterocycles. The van der Waals surface area contributed by atoms with E-state index in [1.54, 1.807) is 0 Å². The van der Waals surface area contributed by atoms with Gasteiger partial charge >= 0.3 is 0 Å². The van der Waals surface area contributed by atoms with Gasteiger partial charge in [-0.25, -0.2) is 4.98 Å². The second-order valence-electron chi connectivity index (χ2n) is 6.44. The molecule has 0 amide bonds.